The summed E-state index contributed by atoms with van der Waals surface area (Å²) in [5.41, 5.74) is 1.11. The molecule has 0 aliphatic heterocycles. The molecule has 0 saturated carbocycles. The lowest BCUT2D eigenvalue weighted by atomic mass is 10.2. The molecule has 1 aromatic carbocycles. The first-order chi connectivity index (χ1) is 10.7. The predicted octanol–water partition coefficient (Wildman–Crippen LogP) is 1.85. The van der Waals surface area contributed by atoms with Crippen LogP contribution in [0.4, 0.5) is 5.69 Å². The van der Waals surface area contributed by atoms with Crippen molar-refractivity contribution in [3.63, 3.8) is 0 Å². The van der Waals surface area contributed by atoms with Gasteiger partial charge in [-0.05, 0) is 43.3 Å². The molecular weight excluding hydrogens is 282 g/mol. The number of amides is 2. The number of carbonyl (C=O) groups is 2. The molecule has 1 aromatic heterocycles. The molecule has 0 aliphatic carbocycles. The molecule has 0 saturated heterocycles. The summed E-state index contributed by atoms with van der Waals surface area (Å²) in [6.45, 7) is 2.36. The van der Waals surface area contributed by atoms with Crippen molar-refractivity contribution in [2.75, 3.05) is 18.5 Å². The van der Waals surface area contributed by atoms with E-state index in [2.05, 4.69) is 15.6 Å². The standard InChI is InChI=1S/C16H17N3O3/c1-2-22-14-5-3-12(4-6-14)16(21)18-11-15(20)19-13-7-9-17-10-8-13/h3-10H,2,11H2,1H3,(H,18,21)(H,17,19,20). The van der Waals surface area contributed by atoms with Crippen LogP contribution in [0.3, 0.4) is 0 Å². The maximum Gasteiger partial charge on any atom is 0.251 e. The van der Waals surface area contributed by atoms with E-state index in [0.717, 1.165) is 0 Å². The molecule has 6 nitrogen and oxygen atoms in total. The average Bonchev–Trinajstić information content (AvgIpc) is 2.54. The molecule has 1 heterocycles. The fraction of sp³-hybridized carbons (Fsp3) is 0.188. The van der Waals surface area contributed by atoms with Gasteiger partial charge < -0.3 is 15.4 Å². The van der Waals surface area contributed by atoms with Crippen molar-refractivity contribution in [1.29, 1.82) is 0 Å². The van der Waals surface area contributed by atoms with Gasteiger partial charge in [-0.25, -0.2) is 0 Å². The quantitative estimate of drug-likeness (QED) is 0.853. The van der Waals surface area contributed by atoms with Crippen LogP contribution in [0.1, 0.15) is 17.3 Å². The van der Waals surface area contributed by atoms with Crippen LogP contribution in [0.25, 0.3) is 0 Å². The van der Waals surface area contributed by atoms with Crippen LogP contribution in [-0.2, 0) is 4.79 Å². The number of aromatic nitrogens is 1. The topological polar surface area (TPSA) is 80.3 Å². The fourth-order valence-corrected chi connectivity index (χ4v) is 1.77. The summed E-state index contributed by atoms with van der Waals surface area (Å²) >= 11 is 0. The molecular formula is C16H17N3O3. The summed E-state index contributed by atoms with van der Waals surface area (Å²) in [6, 6.07) is 10.1. The Morgan fingerprint density at radius 3 is 2.41 bits per heavy atom. The third kappa shape index (κ3) is 4.59. The maximum absolute atomic E-state index is 11.9. The highest BCUT2D eigenvalue weighted by Crippen LogP contribution is 2.11. The number of anilines is 1. The zero-order valence-corrected chi connectivity index (χ0v) is 12.2. The van der Waals surface area contributed by atoms with E-state index in [4.69, 9.17) is 4.74 Å². The van der Waals surface area contributed by atoms with E-state index in [1.54, 1.807) is 48.8 Å². The Bertz CT molecular complexity index is 627. The minimum absolute atomic E-state index is 0.103. The SMILES string of the molecule is CCOc1ccc(C(=O)NCC(=O)Nc2ccncc2)cc1. The third-order valence-electron chi connectivity index (χ3n) is 2.80. The monoisotopic (exact) mass is 299 g/mol. The summed E-state index contributed by atoms with van der Waals surface area (Å²) in [5.74, 6) is 0.0906. The van der Waals surface area contributed by atoms with Crippen molar-refractivity contribution in [3.05, 3.63) is 54.4 Å². The van der Waals surface area contributed by atoms with E-state index in [1.165, 1.54) is 0 Å². The van der Waals surface area contributed by atoms with Crippen molar-refractivity contribution in [2.24, 2.45) is 0 Å². The average molecular weight is 299 g/mol. The van der Waals surface area contributed by atoms with Crippen LogP contribution in [-0.4, -0.2) is 29.9 Å². The number of benzene rings is 1. The van der Waals surface area contributed by atoms with Crippen LogP contribution in [0.2, 0.25) is 0 Å². The summed E-state index contributed by atoms with van der Waals surface area (Å²) in [7, 11) is 0. The second-order valence-electron chi connectivity index (χ2n) is 4.42. The van der Waals surface area contributed by atoms with Gasteiger partial charge in [0.1, 0.15) is 5.75 Å². The van der Waals surface area contributed by atoms with Gasteiger partial charge in [0.15, 0.2) is 0 Å². The summed E-state index contributed by atoms with van der Waals surface area (Å²) in [4.78, 5) is 27.5. The number of rotatable bonds is 6. The first-order valence-corrected chi connectivity index (χ1v) is 6.90. The highest BCUT2D eigenvalue weighted by Gasteiger charge is 2.08. The van der Waals surface area contributed by atoms with Gasteiger partial charge in [-0.15, -0.1) is 0 Å². The smallest absolute Gasteiger partial charge is 0.251 e. The highest BCUT2D eigenvalue weighted by atomic mass is 16.5. The van der Waals surface area contributed by atoms with Crippen LogP contribution in [0.15, 0.2) is 48.8 Å². The lowest BCUT2D eigenvalue weighted by Gasteiger charge is -2.07. The second kappa shape index (κ2) is 7.78. The Balaban J connectivity index is 1.83. The van der Waals surface area contributed by atoms with Crippen molar-refractivity contribution in [2.45, 2.75) is 6.92 Å². The van der Waals surface area contributed by atoms with Crippen LogP contribution >= 0.6 is 0 Å². The number of hydrogen-bond acceptors (Lipinski definition) is 4. The van der Waals surface area contributed by atoms with Crippen LogP contribution in [0.5, 0.6) is 5.75 Å². The van der Waals surface area contributed by atoms with Gasteiger partial charge >= 0.3 is 0 Å². The predicted molar refractivity (Wildman–Crippen MR) is 82.8 cm³/mol. The van der Waals surface area contributed by atoms with Gasteiger partial charge in [0.2, 0.25) is 5.91 Å². The molecule has 2 rings (SSSR count). The van der Waals surface area contributed by atoms with Crippen molar-refractivity contribution < 1.29 is 14.3 Å². The Labute approximate surface area is 128 Å². The minimum Gasteiger partial charge on any atom is -0.494 e. The zero-order chi connectivity index (χ0) is 15.8. The molecule has 0 aliphatic rings. The third-order valence-corrected chi connectivity index (χ3v) is 2.80. The molecule has 0 fully saturated rings. The van der Waals surface area contributed by atoms with Crippen molar-refractivity contribution in [1.82, 2.24) is 10.3 Å². The lowest BCUT2D eigenvalue weighted by Crippen LogP contribution is -2.32. The van der Waals surface area contributed by atoms with Crippen LogP contribution in [0, 0.1) is 0 Å². The molecule has 0 unspecified atom stereocenters. The largest absolute Gasteiger partial charge is 0.494 e. The van der Waals surface area contributed by atoms with Crippen molar-refractivity contribution in [3.8, 4) is 5.75 Å². The zero-order valence-electron chi connectivity index (χ0n) is 12.2. The number of nitrogens with one attached hydrogen (secondary N) is 2. The van der Waals surface area contributed by atoms with Gasteiger partial charge in [0.05, 0.1) is 13.2 Å². The Morgan fingerprint density at radius 2 is 1.77 bits per heavy atom. The van der Waals surface area contributed by atoms with Gasteiger partial charge in [-0.2, -0.15) is 0 Å². The summed E-state index contributed by atoms with van der Waals surface area (Å²) < 4.78 is 5.30. The number of ether oxygens (including phenoxy) is 1. The molecule has 0 spiro atoms. The van der Waals surface area contributed by atoms with E-state index in [0.29, 0.717) is 23.6 Å². The molecule has 2 aromatic rings. The summed E-state index contributed by atoms with van der Waals surface area (Å²) in [6.07, 6.45) is 3.16. The Morgan fingerprint density at radius 1 is 1.09 bits per heavy atom. The second-order valence-corrected chi connectivity index (χ2v) is 4.42. The molecule has 22 heavy (non-hydrogen) atoms. The van der Waals surface area contributed by atoms with Crippen LogP contribution < -0.4 is 15.4 Å². The Kier molecular flexibility index (Phi) is 5.48. The molecule has 0 bridgehead atoms. The number of pyridine rings is 1. The normalized spacial score (nSPS) is 9.86. The lowest BCUT2D eigenvalue weighted by molar-refractivity contribution is -0.115. The van der Waals surface area contributed by atoms with Crippen molar-refractivity contribution >= 4 is 17.5 Å². The molecule has 2 N–H and O–H groups in total. The first-order valence-electron chi connectivity index (χ1n) is 6.90. The molecule has 0 atom stereocenters. The fourth-order valence-electron chi connectivity index (χ4n) is 1.77. The maximum atomic E-state index is 11.9. The van der Waals surface area contributed by atoms with E-state index in [9.17, 15) is 9.59 Å². The highest BCUT2D eigenvalue weighted by molar-refractivity contribution is 5.99. The van der Waals surface area contributed by atoms with E-state index >= 15 is 0 Å². The molecule has 0 radical (unpaired) electrons. The number of carbonyl (C=O) groups excluding carboxylic acids is 2. The van der Waals surface area contributed by atoms with Gasteiger partial charge in [-0.1, -0.05) is 0 Å². The molecule has 6 heteroatoms. The Hall–Kier alpha value is -2.89. The van der Waals surface area contributed by atoms with E-state index in [-0.39, 0.29) is 18.4 Å². The number of nitrogens with zero attached hydrogens (tertiary/aromatic N) is 1. The van der Waals surface area contributed by atoms with Gasteiger partial charge in [-0.3, -0.25) is 14.6 Å². The first kappa shape index (κ1) is 15.5. The summed E-state index contributed by atoms with van der Waals surface area (Å²) in [5, 5.41) is 5.22. The minimum atomic E-state index is -0.312. The molecule has 114 valence electrons. The van der Waals surface area contributed by atoms with E-state index in [1.807, 2.05) is 6.92 Å². The van der Waals surface area contributed by atoms with Gasteiger partial charge in [0.25, 0.3) is 5.91 Å². The van der Waals surface area contributed by atoms with E-state index < -0.39 is 0 Å². The van der Waals surface area contributed by atoms with Gasteiger partial charge in [0, 0.05) is 23.6 Å². The molecule has 2 amide bonds. The number of hydrogen-bond donors (Lipinski definition) is 2.